The Bertz CT molecular complexity index is 728. The van der Waals surface area contributed by atoms with Crippen molar-refractivity contribution in [1.29, 1.82) is 0 Å². The molecule has 10 heteroatoms. The standard InChI is InChI=1S/C15H21N3O6S/c1-4-17-25(22,23)12-7-5-11(6-8-12)15(21)24-10-13(19)16-9-14(20)18(2)3/h5-8,17H,4,9-10H2,1-3H3,(H,16,19). The van der Waals surface area contributed by atoms with E-state index in [4.69, 9.17) is 4.74 Å². The zero-order valence-corrected chi connectivity index (χ0v) is 15.1. The Morgan fingerprint density at radius 2 is 1.72 bits per heavy atom. The maximum Gasteiger partial charge on any atom is 0.338 e. The average molecular weight is 371 g/mol. The number of carbonyl (C=O) groups excluding carboxylic acids is 3. The highest BCUT2D eigenvalue weighted by Crippen LogP contribution is 2.11. The first-order valence-corrected chi connectivity index (χ1v) is 8.89. The van der Waals surface area contributed by atoms with E-state index < -0.39 is 28.5 Å². The summed E-state index contributed by atoms with van der Waals surface area (Å²) < 4.78 is 30.7. The van der Waals surface area contributed by atoms with Crippen LogP contribution in [-0.4, -0.2) is 64.9 Å². The van der Waals surface area contributed by atoms with Crippen molar-refractivity contribution in [2.45, 2.75) is 11.8 Å². The molecule has 1 rings (SSSR count). The molecule has 0 unspecified atom stereocenters. The number of nitrogens with one attached hydrogen (secondary N) is 2. The van der Waals surface area contributed by atoms with Gasteiger partial charge in [0.1, 0.15) is 0 Å². The number of sulfonamides is 1. The molecule has 1 aromatic rings. The molecule has 0 spiro atoms. The lowest BCUT2D eigenvalue weighted by molar-refractivity contribution is -0.131. The number of esters is 1. The van der Waals surface area contributed by atoms with Gasteiger partial charge in [-0.1, -0.05) is 6.92 Å². The zero-order chi connectivity index (χ0) is 19.0. The van der Waals surface area contributed by atoms with Gasteiger partial charge in [0.25, 0.3) is 5.91 Å². The van der Waals surface area contributed by atoms with Gasteiger partial charge in [-0.05, 0) is 24.3 Å². The zero-order valence-electron chi connectivity index (χ0n) is 14.2. The van der Waals surface area contributed by atoms with Gasteiger partial charge < -0.3 is 15.0 Å². The van der Waals surface area contributed by atoms with Gasteiger partial charge in [0.2, 0.25) is 15.9 Å². The van der Waals surface area contributed by atoms with E-state index in [9.17, 15) is 22.8 Å². The van der Waals surface area contributed by atoms with Crippen molar-refractivity contribution in [3.63, 3.8) is 0 Å². The van der Waals surface area contributed by atoms with Gasteiger partial charge in [-0.25, -0.2) is 17.9 Å². The third-order valence-electron chi connectivity index (χ3n) is 3.00. The van der Waals surface area contributed by atoms with Crippen LogP contribution in [0.3, 0.4) is 0 Å². The maximum absolute atomic E-state index is 11.8. The van der Waals surface area contributed by atoms with Crippen LogP contribution in [0.2, 0.25) is 0 Å². The third-order valence-corrected chi connectivity index (χ3v) is 4.57. The fourth-order valence-electron chi connectivity index (χ4n) is 1.64. The van der Waals surface area contributed by atoms with E-state index in [1.807, 2.05) is 0 Å². The maximum atomic E-state index is 11.8. The summed E-state index contributed by atoms with van der Waals surface area (Å²) in [6.45, 7) is 1.16. The summed E-state index contributed by atoms with van der Waals surface area (Å²) in [5.41, 5.74) is 0.104. The Hall–Kier alpha value is -2.46. The summed E-state index contributed by atoms with van der Waals surface area (Å²) in [7, 11) is -0.503. The summed E-state index contributed by atoms with van der Waals surface area (Å²) in [6, 6.07) is 5.12. The molecule has 25 heavy (non-hydrogen) atoms. The van der Waals surface area contributed by atoms with Gasteiger partial charge >= 0.3 is 5.97 Å². The predicted octanol–water partition coefficient (Wildman–Crippen LogP) is -0.654. The first-order valence-electron chi connectivity index (χ1n) is 7.41. The number of likely N-dealkylation sites (N-methyl/N-ethyl adjacent to an activating group) is 1. The number of nitrogens with zero attached hydrogens (tertiary/aromatic N) is 1. The molecule has 0 atom stereocenters. The van der Waals surface area contributed by atoms with E-state index >= 15 is 0 Å². The summed E-state index contributed by atoms with van der Waals surface area (Å²) in [5.74, 6) is -1.69. The summed E-state index contributed by atoms with van der Waals surface area (Å²) in [5, 5.41) is 2.32. The molecular formula is C15H21N3O6S. The molecule has 138 valence electrons. The van der Waals surface area contributed by atoms with Crippen molar-refractivity contribution in [3.8, 4) is 0 Å². The number of hydrogen-bond donors (Lipinski definition) is 2. The third kappa shape index (κ3) is 6.51. The quantitative estimate of drug-likeness (QED) is 0.586. The highest BCUT2D eigenvalue weighted by Gasteiger charge is 2.15. The van der Waals surface area contributed by atoms with Crippen LogP contribution in [0.15, 0.2) is 29.2 Å². The minimum atomic E-state index is -3.60. The van der Waals surface area contributed by atoms with Crippen LogP contribution in [0.5, 0.6) is 0 Å². The van der Waals surface area contributed by atoms with Crippen molar-refractivity contribution in [2.24, 2.45) is 0 Å². The monoisotopic (exact) mass is 371 g/mol. The number of ether oxygens (including phenoxy) is 1. The van der Waals surface area contributed by atoms with Crippen LogP contribution in [0, 0.1) is 0 Å². The molecule has 0 saturated carbocycles. The molecule has 0 saturated heterocycles. The van der Waals surface area contributed by atoms with E-state index in [2.05, 4.69) is 10.0 Å². The predicted molar refractivity (Wildman–Crippen MR) is 89.3 cm³/mol. The number of hydrogen-bond acceptors (Lipinski definition) is 6. The Morgan fingerprint density at radius 3 is 2.24 bits per heavy atom. The summed E-state index contributed by atoms with van der Waals surface area (Å²) in [4.78, 5) is 36.0. The molecule has 9 nitrogen and oxygen atoms in total. The molecule has 2 N–H and O–H groups in total. The van der Waals surface area contributed by atoms with Crippen LogP contribution in [0.4, 0.5) is 0 Å². The van der Waals surface area contributed by atoms with Gasteiger partial charge in [0.15, 0.2) is 6.61 Å². The minimum absolute atomic E-state index is 0.0193. The fourth-order valence-corrected chi connectivity index (χ4v) is 2.68. The largest absolute Gasteiger partial charge is 0.452 e. The number of amides is 2. The molecule has 0 bridgehead atoms. The highest BCUT2D eigenvalue weighted by molar-refractivity contribution is 7.89. The molecule has 0 aliphatic carbocycles. The molecule has 2 amide bonds. The van der Waals surface area contributed by atoms with Crippen molar-refractivity contribution in [1.82, 2.24) is 14.9 Å². The lowest BCUT2D eigenvalue weighted by Gasteiger charge is -2.11. The van der Waals surface area contributed by atoms with Crippen LogP contribution in [0.25, 0.3) is 0 Å². The second kappa shape index (κ2) is 9.14. The van der Waals surface area contributed by atoms with E-state index in [0.29, 0.717) is 0 Å². The smallest absolute Gasteiger partial charge is 0.338 e. The molecule has 0 fully saturated rings. The van der Waals surface area contributed by atoms with Gasteiger partial charge in [-0.15, -0.1) is 0 Å². The normalized spacial score (nSPS) is 10.8. The summed E-state index contributed by atoms with van der Waals surface area (Å²) in [6.07, 6.45) is 0. The average Bonchev–Trinajstić information content (AvgIpc) is 2.57. The van der Waals surface area contributed by atoms with E-state index in [1.54, 1.807) is 21.0 Å². The highest BCUT2D eigenvalue weighted by atomic mass is 32.2. The van der Waals surface area contributed by atoms with Crippen LogP contribution in [-0.2, 0) is 24.3 Å². The first-order chi connectivity index (χ1) is 11.7. The van der Waals surface area contributed by atoms with Gasteiger partial charge in [0.05, 0.1) is 17.0 Å². The van der Waals surface area contributed by atoms with Crippen molar-refractivity contribution < 1.29 is 27.5 Å². The topological polar surface area (TPSA) is 122 Å². The Kier molecular flexibility index (Phi) is 7.52. The van der Waals surface area contributed by atoms with Crippen molar-refractivity contribution in [2.75, 3.05) is 33.8 Å². The second-order valence-corrected chi connectivity index (χ2v) is 6.93. The van der Waals surface area contributed by atoms with Gasteiger partial charge in [-0.3, -0.25) is 9.59 Å². The molecular weight excluding hydrogens is 350 g/mol. The Morgan fingerprint density at radius 1 is 1.12 bits per heavy atom. The Labute approximate surface area is 146 Å². The number of benzene rings is 1. The summed E-state index contributed by atoms with van der Waals surface area (Å²) >= 11 is 0. The molecule has 0 heterocycles. The molecule has 0 aromatic heterocycles. The second-order valence-electron chi connectivity index (χ2n) is 5.17. The van der Waals surface area contributed by atoms with E-state index in [0.717, 1.165) is 0 Å². The van der Waals surface area contributed by atoms with Crippen LogP contribution < -0.4 is 10.0 Å². The Balaban J connectivity index is 2.55. The van der Waals surface area contributed by atoms with Crippen LogP contribution in [0.1, 0.15) is 17.3 Å². The van der Waals surface area contributed by atoms with E-state index in [1.165, 1.54) is 29.2 Å². The van der Waals surface area contributed by atoms with Gasteiger partial charge in [-0.2, -0.15) is 0 Å². The lowest BCUT2D eigenvalue weighted by atomic mass is 10.2. The van der Waals surface area contributed by atoms with Crippen molar-refractivity contribution >= 4 is 27.8 Å². The molecule has 0 aliphatic rings. The van der Waals surface area contributed by atoms with Gasteiger partial charge in [0, 0.05) is 20.6 Å². The number of carbonyl (C=O) groups is 3. The minimum Gasteiger partial charge on any atom is -0.452 e. The lowest BCUT2D eigenvalue weighted by Crippen LogP contribution is -2.38. The van der Waals surface area contributed by atoms with Crippen molar-refractivity contribution in [3.05, 3.63) is 29.8 Å². The molecule has 0 aliphatic heterocycles. The SMILES string of the molecule is CCNS(=O)(=O)c1ccc(C(=O)OCC(=O)NCC(=O)N(C)C)cc1. The molecule has 0 radical (unpaired) electrons. The molecule has 1 aromatic carbocycles. The van der Waals surface area contributed by atoms with Crippen LogP contribution >= 0.6 is 0 Å². The first kappa shape index (κ1) is 20.6. The number of rotatable bonds is 8. The van der Waals surface area contributed by atoms with E-state index in [-0.39, 0.29) is 29.5 Å². The fraction of sp³-hybridized carbons (Fsp3) is 0.400.